The van der Waals surface area contributed by atoms with Gasteiger partial charge in [0.2, 0.25) is 5.95 Å². The van der Waals surface area contributed by atoms with Crippen molar-refractivity contribution in [2.75, 3.05) is 31.6 Å². The minimum atomic E-state index is 0.114. The zero-order valence-corrected chi connectivity index (χ0v) is 24.0. The van der Waals surface area contributed by atoms with Crippen molar-refractivity contribution in [2.24, 2.45) is 0 Å². The number of ether oxygens (including phenoxy) is 1. The normalized spacial score (nSPS) is 14.1. The van der Waals surface area contributed by atoms with Crippen LogP contribution in [0.5, 0.6) is 5.75 Å². The Hall–Kier alpha value is -3.22. The molecule has 2 aromatic carbocycles. The smallest absolute Gasteiger partial charge is 0.227 e. The Morgan fingerprint density at radius 3 is 2.42 bits per heavy atom. The lowest BCUT2D eigenvalue weighted by atomic mass is 9.85. The lowest BCUT2D eigenvalue weighted by Crippen LogP contribution is -2.25. The van der Waals surface area contributed by atoms with Crippen LogP contribution in [0.1, 0.15) is 50.3 Å². The summed E-state index contributed by atoms with van der Waals surface area (Å²) < 4.78 is 5.94. The van der Waals surface area contributed by atoms with E-state index in [0.717, 1.165) is 40.7 Å². The van der Waals surface area contributed by atoms with Crippen LogP contribution in [0.2, 0.25) is 0 Å². The van der Waals surface area contributed by atoms with Crippen LogP contribution in [0.25, 0.3) is 21.0 Å². The number of nitrogens with one attached hydrogen (secondary N) is 1. The van der Waals surface area contributed by atoms with E-state index in [1.807, 2.05) is 30.5 Å². The molecule has 0 aliphatic carbocycles. The van der Waals surface area contributed by atoms with Crippen molar-refractivity contribution in [3.8, 4) is 26.8 Å². The monoisotopic (exact) mass is 526 g/mol. The van der Waals surface area contributed by atoms with Crippen LogP contribution in [0.15, 0.2) is 60.8 Å². The highest BCUT2D eigenvalue weighted by Gasteiger charge is 2.17. The Bertz CT molecular complexity index is 1380. The zero-order valence-electron chi connectivity index (χ0n) is 23.2. The van der Waals surface area contributed by atoms with Crippen molar-refractivity contribution in [1.82, 2.24) is 14.9 Å². The summed E-state index contributed by atoms with van der Waals surface area (Å²) in [5.41, 5.74) is 6.98. The highest BCUT2D eigenvalue weighted by Crippen LogP contribution is 2.37. The molecule has 0 unspecified atom stereocenters. The number of likely N-dealkylation sites (tertiary alicyclic amines) is 1. The minimum Gasteiger partial charge on any atom is -0.492 e. The zero-order chi connectivity index (χ0) is 26.7. The Labute approximate surface area is 230 Å². The summed E-state index contributed by atoms with van der Waals surface area (Å²) >= 11 is 1.78. The molecule has 5 rings (SSSR count). The number of nitrogens with zero attached hydrogens (tertiary/aromatic N) is 3. The van der Waals surface area contributed by atoms with E-state index >= 15 is 0 Å². The summed E-state index contributed by atoms with van der Waals surface area (Å²) in [6.07, 6.45) is 4.51. The lowest BCUT2D eigenvalue weighted by molar-refractivity contribution is 0.238. The van der Waals surface area contributed by atoms with Crippen LogP contribution in [0.3, 0.4) is 0 Å². The molecule has 4 aromatic rings. The molecule has 6 heteroatoms. The maximum atomic E-state index is 5.94. The van der Waals surface area contributed by atoms with E-state index in [4.69, 9.17) is 9.72 Å². The second-order valence-electron chi connectivity index (χ2n) is 11.3. The molecule has 5 nitrogen and oxygen atoms in total. The van der Waals surface area contributed by atoms with Gasteiger partial charge >= 0.3 is 0 Å². The molecule has 1 N–H and O–H groups in total. The predicted molar refractivity (Wildman–Crippen MR) is 160 cm³/mol. The van der Waals surface area contributed by atoms with Gasteiger partial charge in [-0.3, -0.25) is 4.90 Å². The van der Waals surface area contributed by atoms with Crippen LogP contribution in [-0.4, -0.2) is 41.1 Å². The summed E-state index contributed by atoms with van der Waals surface area (Å²) in [5.74, 6) is 1.48. The van der Waals surface area contributed by atoms with Crippen molar-refractivity contribution in [3.63, 3.8) is 0 Å². The van der Waals surface area contributed by atoms with Gasteiger partial charge < -0.3 is 10.1 Å². The first kappa shape index (κ1) is 26.4. The van der Waals surface area contributed by atoms with Gasteiger partial charge in [0.05, 0.1) is 10.6 Å². The molecule has 0 atom stereocenters. The Kier molecular flexibility index (Phi) is 7.82. The quantitative estimate of drug-likeness (QED) is 0.252. The highest BCUT2D eigenvalue weighted by atomic mass is 32.1. The minimum absolute atomic E-state index is 0.114. The Balaban J connectivity index is 1.28. The molecule has 3 heterocycles. The molecule has 2 aromatic heterocycles. The second-order valence-corrected chi connectivity index (χ2v) is 12.4. The third-order valence-electron chi connectivity index (χ3n) is 7.02. The van der Waals surface area contributed by atoms with Gasteiger partial charge in [-0.15, -0.1) is 11.3 Å². The molecule has 198 valence electrons. The van der Waals surface area contributed by atoms with E-state index in [0.29, 0.717) is 5.95 Å². The molecule has 1 saturated heterocycles. The lowest BCUT2D eigenvalue weighted by Gasteiger charge is -2.20. The fourth-order valence-electron chi connectivity index (χ4n) is 4.79. The van der Waals surface area contributed by atoms with E-state index in [9.17, 15) is 0 Å². The van der Waals surface area contributed by atoms with Gasteiger partial charge in [0, 0.05) is 23.3 Å². The number of aryl methyl sites for hydroxylation is 2. The standard InChI is InChI=1S/C32H38N4OS/c1-22-18-24(20-25(19-22)32(3,4)5)28-12-13-29(38-28)30-23(2)21-33-31(35-30)34-26-8-10-27(11-9-26)37-17-16-36-14-6-7-15-36/h8-13,18-21H,6-7,14-17H2,1-5H3,(H,33,34,35). The number of benzene rings is 2. The van der Waals surface area contributed by atoms with Gasteiger partial charge in [-0.05, 0) is 104 Å². The van der Waals surface area contributed by atoms with Gasteiger partial charge in [0.15, 0.2) is 0 Å². The van der Waals surface area contributed by atoms with Crippen molar-refractivity contribution in [1.29, 1.82) is 0 Å². The second kappa shape index (κ2) is 11.3. The maximum absolute atomic E-state index is 5.94. The highest BCUT2D eigenvalue weighted by molar-refractivity contribution is 7.18. The number of aromatic nitrogens is 2. The molecule has 0 saturated carbocycles. The molecule has 1 aliphatic heterocycles. The van der Waals surface area contributed by atoms with Crippen molar-refractivity contribution < 1.29 is 4.74 Å². The molecule has 0 amide bonds. The summed E-state index contributed by atoms with van der Waals surface area (Å²) in [5, 5.41) is 3.36. The molecule has 0 bridgehead atoms. The fraction of sp³-hybridized carbons (Fsp3) is 0.375. The van der Waals surface area contributed by atoms with E-state index < -0.39 is 0 Å². The topological polar surface area (TPSA) is 50.3 Å². The Morgan fingerprint density at radius 1 is 0.947 bits per heavy atom. The predicted octanol–water partition coefficient (Wildman–Crippen LogP) is 8.00. The number of anilines is 2. The van der Waals surface area contributed by atoms with Crippen LogP contribution in [0.4, 0.5) is 11.6 Å². The molecule has 38 heavy (non-hydrogen) atoms. The van der Waals surface area contributed by atoms with Gasteiger partial charge in [-0.2, -0.15) is 0 Å². The van der Waals surface area contributed by atoms with Crippen LogP contribution in [0, 0.1) is 13.8 Å². The number of thiophene rings is 1. The first-order valence-electron chi connectivity index (χ1n) is 13.5. The van der Waals surface area contributed by atoms with Crippen molar-refractivity contribution in [3.05, 3.63) is 77.5 Å². The molecule has 0 spiro atoms. The summed E-state index contributed by atoms with van der Waals surface area (Å²) in [6.45, 7) is 15.1. The van der Waals surface area contributed by atoms with E-state index in [1.54, 1.807) is 11.3 Å². The molecular weight excluding hydrogens is 488 g/mol. The van der Waals surface area contributed by atoms with Gasteiger partial charge in [-0.25, -0.2) is 9.97 Å². The third-order valence-corrected chi connectivity index (χ3v) is 8.17. The van der Waals surface area contributed by atoms with Crippen molar-refractivity contribution in [2.45, 2.75) is 52.9 Å². The van der Waals surface area contributed by atoms with E-state index in [1.165, 1.54) is 47.5 Å². The summed E-state index contributed by atoms with van der Waals surface area (Å²) in [4.78, 5) is 14.3. The van der Waals surface area contributed by atoms with Gasteiger partial charge in [0.1, 0.15) is 12.4 Å². The average molecular weight is 527 g/mol. The summed E-state index contributed by atoms with van der Waals surface area (Å²) in [7, 11) is 0. The van der Waals surface area contributed by atoms with Crippen LogP contribution >= 0.6 is 11.3 Å². The van der Waals surface area contributed by atoms with Crippen LogP contribution in [-0.2, 0) is 5.41 Å². The fourth-order valence-corrected chi connectivity index (χ4v) is 5.84. The average Bonchev–Trinajstić information content (AvgIpc) is 3.58. The molecule has 1 aliphatic rings. The first-order valence-corrected chi connectivity index (χ1v) is 14.3. The molecule has 0 radical (unpaired) electrons. The molecular formula is C32H38N4OS. The van der Waals surface area contributed by atoms with Crippen LogP contribution < -0.4 is 10.1 Å². The summed E-state index contributed by atoms with van der Waals surface area (Å²) in [6, 6.07) is 19.3. The Morgan fingerprint density at radius 2 is 1.68 bits per heavy atom. The van der Waals surface area contributed by atoms with Crippen molar-refractivity contribution >= 4 is 23.0 Å². The van der Waals surface area contributed by atoms with Gasteiger partial charge in [-0.1, -0.05) is 38.5 Å². The van der Waals surface area contributed by atoms with E-state index in [2.05, 4.69) is 80.2 Å². The first-order chi connectivity index (χ1) is 18.2. The SMILES string of the molecule is Cc1cc(-c2ccc(-c3nc(Nc4ccc(OCCN5CCCC5)cc4)ncc3C)s2)cc(C(C)(C)C)c1. The maximum Gasteiger partial charge on any atom is 0.227 e. The number of hydrogen-bond donors (Lipinski definition) is 1. The molecule has 1 fully saturated rings. The largest absolute Gasteiger partial charge is 0.492 e. The van der Waals surface area contributed by atoms with E-state index in [-0.39, 0.29) is 5.41 Å². The van der Waals surface area contributed by atoms with Gasteiger partial charge in [0.25, 0.3) is 0 Å². The third kappa shape index (κ3) is 6.43. The number of hydrogen-bond acceptors (Lipinski definition) is 6. The number of rotatable bonds is 8.